The Labute approximate surface area is 132 Å². The standard InChI is InChI=1S/C14H12N2OS3/c18-13(15-11-7-3-1-4-8-11)17-20-14(19)16-12-9-5-2-6-10-12/h1-10H,(H,15,18)(H,16,19). The molecule has 20 heavy (non-hydrogen) atoms. The molecule has 2 rings (SSSR count). The van der Waals surface area contributed by atoms with Crippen molar-refractivity contribution in [1.29, 1.82) is 0 Å². The van der Waals surface area contributed by atoms with Gasteiger partial charge in [-0.1, -0.05) is 36.4 Å². The molecule has 0 radical (unpaired) electrons. The average Bonchev–Trinajstić information content (AvgIpc) is 2.47. The Bertz CT molecular complexity index is 522. The number of rotatable bonds is 2. The summed E-state index contributed by atoms with van der Waals surface area (Å²) in [4.78, 5) is 0. The fourth-order valence-corrected chi connectivity index (χ4v) is 2.19. The fraction of sp³-hybridized carbons (Fsp3) is 0. The Morgan fingerprint density at radius 3 is 1.85 bits per heavy atom. The minimum Gasteiger partial charge on any atom is -0.389 e. The molecule has 0 aliphatic rings. The van der Waals surface area contributed by atoms with Crippen molar-refractivity contribution in [3.05, 3.63) is 60.7 Å². The number of thiocarbonyl (C=S) groups is 2. The number of hydrogen-bond acceptors (Lipinski definition) is 4. The van der Waals surface area contributed by atoms with Gasteiger partial charge < -0.3 is 14.8 Å². The van der Waals surface area contributed by atoms with Crippen LogP contribution in [-0.2, 0) is 4.18 Å². The van der Waals surface area contributed by atoms with Crippen molar-refractivity contribution in [2.24, 2.45) is 0 Å². The molecule has 0 spiro atoms. The molecule has 3 nitrogen and oxygen atoms in total. The van der Waals surface area contributed by atoms with Gasteiger partial charge in [0.25, 0.3) is 5.17 Å². The van der Waals surface area contributed by atoms with E-state index in [0.29, 0.717) is 4.32 Å². The van der Waals surface area contributed by atoms with E-state index in [0.717, 1.165) is 23.4 Å². The Kier molecular flexibility index (Phi) is 5.79. The Morgan fingerprint density at radius 2 is 1.30 bits per heavy atom. The van der Waals surface area contributed by atoms with Crippen LogP contribution in [0.1, 0.15) is 0 Å². The second-order valence-corrected chi connectivity index (χ2v) is 5.50. The highest BCUT2D eigenvalue weighted by molar-refractivity contribution is 8.20. The van der Waals surface area contributed by atoms with Crippen molar-refractivity contribution < 1.29 is 4.18 Å². The molecule has 0 heterocycles. The zero-order valence-electron chi connectivity index (χ0n) is 10.4. The van der Waals surface area contributed by atoms with E-state index in [9.17, 15) is 0 Å². The zero-order chi connectivity index (χ0) is 14.2. The number of benzene rings is 2. The van der Waals surface area contributed by atoms with Crippen LogP contribution < -0.4 is 10.6 Å². The highest BCUT2D eigenvalue weighted by Gasteiger charge is 2.04. The monoisotopic (exact) mass is 320 g/mol. The number of anilines is 2. The maximum Gasteiger partial charge on any atom is 0.274 e. The first kappa shape index (κ1) is 14.8. The lowest BCUT2D eigenvalue weighted by Crippen LogP contribution is -2.13. The van der Waals surface area contributed by atoms with Crippen molar-refractivity contribution in [2.45, 2.75) is 0 Å². The Morgan fingerprint density at radius 1 is 0.800 bits per heavy atom. The third kappa shape index (κ3) is 5.16. The largest absolute Gasteiger partial charge is 0.389 e. The molecule has 0 aliphatic heterocycles. The van der Waals surface area contributed by atoms with Gasteiger partial charge >= 0.3 is 0 Å². The van der Waals surface area contributed by atoms with Gasteiger partial charge in [0.05, 0.1) is 0 Å². The first-order valence-corrected chi connectivity index (χ1v) is 7.36. The van der Waals surface area contributed by atoms with Crippen molar-refractivity contribution in [3.8, 4) is 0 Å². The Hall–Kier alpha value is -1.63. The first-order valence-electron chi connectivity index (χ1n) is 5.80. The molecule has 6 heteroatoms. The second-order valence-electron chi connectivity index (χ2n) is 3.72. The van der Waals surface area contributed by atoms with Gasteiger partial charge in [-0.05, 0) is 48.7 Å². The summed E-state index contributed by atoms with van der Waals surface area (Å²) in [6, 6.07) is 19.2. The molecule has 102 valence electrons. The first-order chi connectivity index (χ1) is 9.74. The molecule has 0 saturated heterocycles. The minimum atomic E-state index is 0.262. The molecular weight excluding hydrogens is 308 g/mol. The normalized spacial score (nSPS) is 9.60. The van der Waals surface area contributed by atoms with Crippen LogP contribution in [0.3, 0.4) is 0 Å². The van der Waals surface area contributed by atoms with Crippen LogP contribution in [0.2, 0.25) is 0 Å². The van der Waals surface area contributed by atoms with Crippen LogP contribution in [0.25, 0.3) is 0 Å². The van der Waals surface area contributed by atoms with E-state index in [-0.39, 0.29) is 5.17 Å². The molecule has 0 fully saturated rings. The van der Waals surface area contributed by atoms with Crippen LogP contribution in [0, 0.1) is 0 Å². The maximum atomic E-state index is 5.31. The Balaban J connectivity index is 1.75. The molecular formula is C14H12N2OS3. The number of nitrogens with one attached hydrogen (secondary N) is 2. The van der Waals surface area contributed by atoms with Gasteiger partial charge in [-0.3, -0.25) is 0 Å². The second kappa shape index (κ2) is 7.84. The van der Waals surface area contributed by atoms with Gasteiger partial charge in [-0.25, -0.2) is 0 Å². The maximum absolute atomic E-state index is 5.31. The third-order valence-corrected chi connectivity index (χ3v) is 3.33. The lowest BCUT2D eigenvalue weighted by molar-refractivity contribution is 0.669. The van der Waals surface area contributed by atoms with E-state index in [1.165, 1.54) is 0 Å². The van der Waals surface area contributed by atoms with E-state index in [4.69, 9.17) is 28.6 Å². The summed E-state index contributed by atoms with van der Waals surface area (Å²) < 4.78 is 5.81. The smallest absolute Gasteiger partial charge is 0.274 e. The third-order valence-electron chi connectivity index (χ3n) is 2.23. The molecule has 0 atom stereocenters. The van der Waals surface area contributed by atoms with Crippen molar-refractivity contribution in [2.75, 3.05) is 10.6 Å². The lowest BCUT2D eigenvalue weighted by atomic mass is 10.3. The quantitative estimate of drug-likeness (QED) is 0.629. The van der Waals surface area contributed by atoms with E-state index >= 15 is 0 Å². The summed E-state index contributed by atoms with van der Waals surface area (Å²) in [7, 11) is 0. The van der Waals surface area contributed by atoms with Crippen molar-refractivity contribution >= 4 is 57.3 Å². The van der Waals surface area contributed by atoms with Crippen LogP contribution in [0.5, 0.6) is 0 Å². The van der Waals surface area contributed by atoms with E-state index in [2.05, 4.69) is 10.6 Å². The average molecular weight is 320 g/mol. The SMILES string of the molecule is S=C(Nc1ccccc1)OSC(=S)Nc1ccccc1. The summed E-state index contributed by atoms with van der Waals surface area (Å²) in [6.45, 7) is 0. The van der Waals surface area contributed by atoms with Gasteiger partial charge in [0.15, 0.2) is 4.32 Å². The van der Waals surface area contributed by atoms with Crippen LogP contribution in [-0.4, -0.2) is 9.50 Å². The number of hydrogen-bond donors (Lipinski definition) is 2. The summed E-state index contributed by atoms with van der Waals surface area (Å²) in [5.74, 6) is 0. The van der Waals surface area contributed by atoms with Crippen LogP contribution >= 0.6 is 36.5 Å². The fourth-order valence-electron chi connectivity index (χ4n) is 1.40. The van der Waals surface area contributed by atoms with Gasteiger partial charge in [0.1, 0.15) is 12.0 Å². The molecule has 0 aliphatic carbocycles. The minimum absolute atomic E-state index is 0.262. The van der Waals surface area contributed by atoms with Crippen molar-refractivity contribution in [1.82, 2.24) is 0 Å². The lowest BCUT2D eigenvalue weighted by Gasteiger charge is -2.09. The predicted octanol–water partition coefficient (Wildman–Crippen LogP) is 4.45. The van der Waals surface area contributed by atoms with E-state index in [1.807, 2.05) is 60.7 Å². The molecule has 0 amide bonds. The summed E-state index contributed by atoms with van der Waals surface area (Å²) in [5, 5.41) is 6.27. The van der Waals surface area contributed by atoms with Gasteiger partial charge in [0.2, 0.25) is 0 Å². The molecule has 2 aromatic rings. The highest BCUT2D eigenvalue weighted by Crippen LogP contribution is 2.14. The van der Waals surface area contributed by atoms with E-state index < -0.39 is 0 Å². The zero-order valence-corrected chi connectivity index (χ0v) is 12.9. The topological polar surface area (TPSA) is 33.3 Å². The molecule has 0 aromatic heterocycles. The highest BCUT2D eigenvalue weighted by atomic mass is 32.2. The van der Waals surface area contributed by atoms with E-state index in [1.54, 1.807) is 0 Å². The summed E-state index contributed by atoms with van der Waals surface area (Å²) in [6.07, 6.45) is 0. The molecule has 2 N–H and O–H groups in total. The van der Waals surface area contributed by atoms with Crippen molar-refractivity contribution in [3.63, 3.8) is 0 Å². The molecule has 0 unspecified atom stereocenters. The van der Waals surface area contributed by atoms with Gasteiger partial charge in [-0.15, -0.1) is 0 Å². The summed E-state index contributed by atoms with van der Waals surface area (Å²) in [5.41, 5.74) is 1.79. The van der Waals surface area contributed by atoms with Gasteiger partial charge in [0, 0.05) is 11.4 Å². The molecule has 0 bridgehead atoms. The number of para-hydroxylation sites is 2. The van der Waals surface area contributed by atoms with Crippen LogP contribution in [0.15, 0.2) is 60.7 Å². The van der Waals surface area contributed by atoms with Gasteiger partial charge in [-0.2, -0.15) is 0 Å². The molecule has 0 saturated carbocycles. The predicted molar refractivity (Wildman–Crippen MR) is 94.0 cm³/mol. The van der Waals surface area contributed by atoms with Crippen LogP contribution in [0.4, 0.5) is 11.4 Å². The molecule has 2 aromatic carbocycles. The summed E-state index contributed by atoms with van der Waals surface area (Å²) >= 11 is 11.3.